The lowest BCUT2D eigenvalue weighted by atomic mass is 9.43. The highest BCUT2D eigenvalue weighted by Gasteiger charge is 2.61. The predicted octanol–water partition coefficient (Wildman–Crippen LogP) is 10.2. The average Bonchev–Trinajstić information content (AvgIpc) is 3.39. The second-order valence-electron chi connectivity index (χ2n) is 11.9. The van der Waals surface area contributed by atoms with Gasteiger partial charge in [-0.05, 0) is 113 Å². The molecule has 0 N–H and O–H groups in total. The summed E-state index contributed by atoms with van der Waals surface area (Å²) in [4.78, 5) is 0. The number of halogens is 1. The Bertz CT molecular complexity index is 1690. The topological polar surface area (TPSA) is 0 Å². The second kappa shape index (κ2) is 7.11. The van der Waals surface area contributed by atoms with Gasteiger partial charge in [-0.1, -0.05) is 70.5 Å². The molecule has 1 aromatic heterocycles. The van der Waals surface area contributed by atoms with Crippen molar-refractivity contribution in [2.75, 3.05) is 0 Å². The molecule has 0 radical (unpaired) electrons. The van der Waals surface area contributed by atoms with Crippen molar-refractivity contribution in [3.05, 3.63) is 94.5 Å². The van der Waals surface area contributed by atoms with Gasteiger partial charge >= 0.3 is 0 Å². The van der Waals surface area contributed by atoms with Crippen LogP contribution in [0.15, 0.2) is 83.3 Å². The summed E-state index contributed by atoms with van der Waals surface area (Å²) in [5.41, 5.74) is 9.27. The molecule has 1 heterocycles. The Hall–Kier alpha value is -2.42. The van der Waals surface area contributed by atoms with Crippen molar-refractivity contribution in [1.82, 2.24) is 0 Å². The molecule has 0 amide bonds. The zero-order chi connectivity index (χ0) is 23.6. The van der Waals surface area contributed by atoms with E-state index in [-0.39, 0.29) is 5.41 Å². The van der Waals surface area contributed by atoms with Crippen molar-refractivity contribution in [2.45, 2.75) is 37.5 Å². The van der Waals surface area contributed by atoms with Gasteiger partial charge in [-0.15, -0.1) is 11.3 Å². The van der Waals surface area contributed by atoms with Crippen LogP contribution in [-0.2, 0) is 5.41 Å². The first-order chi connectivity index (χ1) is 17.7. The molecule has 4 bridgehead atoms. The maximum atomic E-state index is 3.64. The maximum absolute atomic E-state index is 3.64. The summed E-state index contributed by atoms with van der Waals surface area (Å²) in [6.45, 7) is 0. The molecule has 1 spiro atoms. The average molecular weight is 548 g/mol. The minimum atomic E-state index is 0.265. The zero-order valence-corrected chi connectivity index (χ0v) is 22.5. The molecule has 2 heteroatoms. The molecule has 4 fully saturated rings. The number of rotatable bonds is 1. The van der Waals surface area contributed by atoms with Gasteiger partial charge < -0.3 is 0 Å². The first kappa shape index (κ1) is 20.6. The summed E-state index contributed by atoms with van der Waals surface area (Å²) in [5, 5.41) is 2.72. The molecular formula is C34H27BrS. The molecule has 36 heavy (non-hydrogen) atoms. The standard InChI is InChI=1S/C34H27BrS/c35-25-7-9-28-27-8-5-22(17-32(27)36-33(28)18-25)21-6-10-31-29(16-21)26-3-1-2-4-30(26)34(31)23-12-19-11-20(14-23)15-24(34)13-19/h1-10,16-20,23-24H,11-15H2. The van der Waals surface area contributed by atoms with E-state index >= 15 is 0 Å². The normalized spacial score (nSPS) is 29.4. The minimum absolute atomic E-state index is 0.265. The van der Waals surface area contributed by atoms with Crippen LogP contribution in [0.5, 0.6) is 0 Å². The highest BCUT2D eigenvalue weighted by atomic mass is 79.9. The van der Waals surface area contributed by atoms with Gasteiger partial charge in [0.25, 0.3) is 0 Å². The summed E-state index contributed by atoms with van der Waals surface area (Å²) in [7, 11) is 0. The Labute approximate surface area is 224 Å². The summed E-state index contributed by atoms with van der Waals surface area (Å²) < 4.78 is 3.88. The highest BCUT2D eigenvalue weighted by Crippen LogP contribution is 2.69. The lowest BCUT2D eigenvalue weighted by Crippen LogP contribution is -2.55. The van der Waals surface area contributed by atoms with Crippen LogP contribution >= 0.6 is 27.3 Å². The quantitative estimate of drug-likeness (QED) is 0.196. The van der Waals surface area contributed by atoms with Crippen LogP contribution in [0.4, 0.5) is 0 Å². The van der Waals surface area contributed by atoms with Crippen LogP contribution in [0, 0.1) is 23.7 Å². The number of hydrogen-bond acceptors (Lipinski definition) is 1. The first-order valence-electron chi connectivity index (χ1n) is 13.5. The summed E-state index contributed by atoms with van der Waals surface area (Å²) >= 11 is 5.54. The van der Waals surface area contributed by atoms with Crippen LogP contribution in [0.1, 0.15) is 43.2 Å². The summed E-state index contributed by atoms with van der Waals surface area (Å²) in [6, 6.07) is 30.7. The molecule has 10 rings (SSSR count). The van der Waals surface area contributed by atoms with Gasteiger partial charge in [0, 0.05) is 30.1 Å². The van der Waals surface area contributed by atoms with Gasteiger partial charge in [0.1, 0.15) is 0 Å². The molecule has 0 aliphatic heterocycles. The van der Waals surface area contributed by atoms with Crippen molar-refractivity contribution in [2.24, 2.45) is 23.7 Å². The van der Waals surface area contributed by atoms with Crippen molar-refractivity contribution in [3.63, 3.8) is 0 Å². The Morgan fingerprint density at radius 1 is 0.611 bits per heavy atom. The molecule has 0 unspecified atom stereocenters. The van der Waals surface area contributed by atoms with Gasteiger partial charge in [0.2, 0.25) is 0 Å². The van der Waals surface area contributed by atoms with E-state index in [0.29, 0.717) is 0 Å². The van der Waals surface area contributed by atoms with E-state index < -0.39 is 0 Å². The Balaban J connectivity index is 1.22. The molecule has 5 aliphatic carbocycles. The van der Waals surface area contributed by atoms with E-state index in [9.17, 15) is 0 Å². The molecule has 0 nitrogen and oxygen atoms in total. The third-order valence-electron chi connectivity index (χ3n) is 10.3. The van der Waals surface area contributed by atoms with Crippen LogP contribution in [0.3, 0.4) is 0 Å². The smallest absolute Gasteiger partial charge is 0.0366 e. The van der Waals surface area contributed by atoms with E-state index in [2.05, 4.69) is 94.8 Å². The number of fused-ring (bicyclic) bond motifs is 6. The van der Waals surface area contributed by atoms with Crippen molar-refractivity contribution >= 4 is 47.4 Å². The largest absolute Gasteiger partial charge is 0.135 e. The van der Waals surface area contributed by atoms with E-state index in [1.165, 1.54) is 74.5 Å². The van der Waals surface area contributed by atoms with Gasteiger partial charge in [-0.25, -0.2) is 0 Å². The van der Waals surface area contributed by atoms with Crippen LogP contribution in [0.2, 0.25) is 0 Å². The third-order valence-corrected chi connectivity index (χ3v) is 11.9. The van der Waals surface area contributed by atoms with Gasteiger partial charge in [-0.2, -0.15) is 0 Å². The lowest BCUT2D eigenvalue weighted by Gasteiger charge is -2.61. The molecular weight excluding hydrogens is 520 g/mol. The highest BCUT2D eigenvalue weighted by molar-refractivity contribution is 9.10. The van der Waals surface area contributed by atoms with E-state index in [1.54, 1.807) is 11.1 Å². The van der Waals surface area contributed by atoms with Crippen molar-refractivity contribution in [1.29, 1.82) is 0 Å². The maximum Gasteiger partial charge on any atom is 0.0366 e. The Kier molecular flexibility index (Phi) is 4.07. The third kappa shape index (κ3) is 2.55. The fourth-order valence-corrected chi connectivity index (χ4v) is 11.0. The van der Waals surface area contributed by atoms with Gasteiger partial charge in [0.15, 0.2) is 0 Å². The van der Waals surface area contributed by atoms with Crippen LogP contribution in [-0.4, -0.2) is 0 Å². The zero-order valence-electron chi connectivity index (χ0n) is 20.1. The van der Waals surface area contributed by atoms with E-state index in [4.69, 9.17) is 0 Å². The molecule has 5 aliphatic rings. The minimum Gasteiger partial charge on any atom is -0.135 e. The molecule has 5 aromatic rings. The Morgan fingerprint density at radius 3 is 2.06 bits per heavy atom. The first-order valence-corrected chi connectivity index (χ1v) is 15.2. The van der Waals surface area contributed by atoms with Crippen LogP contribution < -0.4 is 0 Å². The van der Waals surface area contributed by atoms with Gasteiger partial charge in [0.05, 0.1) is 0 Å². The van der Waals surface area contributed by atoms with Crippen LogP contribution in [0.25, 0.3) is 42.4 Å². The number of thiophene rings is 1. The molecule has 4 aromatic carbocycles. The van der Waals surface area contributed by atoms with E-state index in [0.717, 1.165) is 28.1 Å². The van der Waals surface area contributed by atoms with E-state index in [1.807, 2.05) is 11.3 Å². The van der Waals surface area contributed by atoms with Crippen molar-refractivity contribution in [3.8, 4) is 22.3 Å². The second-order valence-corrected chi connectivity index (χ2v) is 13.9. The molecule has 0 saturated heterocycles. The monoisotopic (exact) mass is 546 g/mol. The SMILES string of the molecule is Brc1ccc2c(c1)sc1cc(-c3ccc4c(c3)-c3ccccc3C43C4CC5CC(C4)CC3C5)ccc12. The molecule has 4 saturated carbocycles. The lowest BCUT2D eigenvalue weighted by molar-refractivity contribution is -0.0399. The fraction of sp³-hybridized carbons (Fsp3) is 0.294. The summed E-state index contributed by atoms with van der Waals surface area (Å²) in [5.74, 6) is 3.64. The Morgan fingerprint density at radius 2 is 1.25 bits per heavy atom. The number of benzene rings is 4. The van der Waals surface area contributed by atoms with Gasteiger partial charge in [-0.3, -0.25) is 0 Å². The number of hydrogen-bond donors (Lipinski definition) is 0. The molecule has 176 valence electrons. The fourth-order valence-electron chi connectivity index (χ4n) is 9.27. The van der Waals surface area contributed by atoms with Crippen molar-refractivity contribution < 1.29 is 0 Å². The summed E-state index contributed by atoms with van der Waals surface area (Å²) in [6.07, 6.45) is 7.29. The predicted molar refractivity (Wildman–Crippen MR) is 156 cm³/mol. The molecule has 0 atom stereocenters.